The SMILES string of the molecule is CC[C@@H]1OC(=O)[C@H](C)[C@@H](O[C@H]2C[C@@](C)(OC)[C@@H](OC(=O)NCCCCNC(=O)Cc3ccc(Cl)cc3[N+](=O)[O-])[C@H](C)O2)[C@@H](C)C(O[C@@H]2O[C@H](C)C[C@H](N(C)C)[C@H]2O)[C@](C)(OC)C[C@@H](C)C(=O)[C@@H](C)[C@H](O)[C@]1(C)O. The lowest BCUT2D eigenvalue weighted by molar-refractivity contribution is -0.385. The van der Waals surface area contributed by atoms with Crippen molar-refractivity contribution in [2.75, 3.05) is 41.4 Å². The summed E-state index contributed by atoms with van der Waals surface area (Å²) in [4.78, 5) is 67.2. The predicted octanol–water partition coefficient (Wildman–Crippen LogP) is 4.87. The van der Waals surface area contributed by atoms with E-state index in [0.29, 0.717) is 19.3 Å². The number of benzene rings is 1. The number of nitrogens with one attached hydrogen (secondary N) is 2. The van der Waals surface area contributed by atoms with Crippen LogP contribution in [0.4, 0.5) is 10.5 Å². The topological polar surface area (TPSA) is 273 Å². The van der Waals surface area contributed by atoms with Gasteiger partial charge >= 0.3 is 12.1 Å². The van der Waals surface area contributed by atoms with Gasteiger partial charge in [-0.25, -0.2) is 4.79 Å². The van der Waals surface area contributed by atoms with E-state index in [4.69, 9.17) is 49.5 Å². The monoisotopic (exact) mass is 1060 g/mol. The van der Waals surface area contributed by atoms with E-state index < -0.39 is 119 Å². The second kappa shape index (κ2) is 26.4. The summed E-state index contributed by atoms with van der Waals surface area (Å²) in [6.45, 7) is 17.2. The molecule has 4 rings (SSSR count). The molecule has 0 aromatic heterocycles. The smallest absolute Gasteiger partial charge is 0.407 e. The largest absolute Gasteiger partial charge is 0.459 e. The van der Waals surface area contributed by atoms with Crippen molar-refractivity contribution >= 4 is 41.0 Å². The molecule has 0 aliphatic carbocycles. The van der Waals surface area contributed by atoms with E-state index in [9.17, 15) is 44.6 Å². The number of aliphatic hydroxyl groups excluding tert-OH is 2. The molecule has 0 bridgehead atoms. The number of amides is 2. The maximum Gasteiger partial charge on any atom is 0.407 e. The van der Waals surface area contributed by atoms with Crippen molar-refractivity contribution in [2.45, 2.75) is 198 Å². The molecule has 1 unspecified atom stereocenters. The van der Waals surface area contributed by atoms with Crippen molar-refractivity contribution < 1.29 is 77.3 Å². The lowest BCUT2D eigenvalue weighted by atomic mass is 9.74. The third-order valence-corrected chi connectivity index (χ3v) is 15.5. The molecule has 21 nitrogen and oxygen atoms in total. The summed E-state index contributed by atoms with van der Waals surface area (Å²) in [6, 6.07) is 3.78. The normalized spacial score (nSPS) is 38.0. The molecule has 5 N–H and O–H groups in total. The number of nitrogens with zero attached hydrogens (tertiary/aromatic N) is 2. The first-order valence-electron chi connectivity index (χ1n) is 25.4. The Bertz CT molecular complexity index is 2030. The number of methoxy groups -OCH3 is 2. The van der Waals surface area contributed by atoms with E-state index in [1.54, 1.807) is 48.5 Å². The van der Waals surface area contributed by atoms with E-state index in [1.165, 1.54) is 46.3 Å². The number of hydrogen-bond donors (Lipinski definition) is 5. The van der Waals surface area contributed by atoms with E-state index in [-0.39, 0.29) is 73.0 Å². The number of nitro groups is 1. The number of aliphatic hydroxyl groups is 3. The first-order chi connectivity index (χ1) is 34.0. The van der Waals surface area contributed by atoms with Gasteiger partial charge in [-0.1, -0.05) is 45.4 Å². The van der Waals surface area contributed by atoms with Crippen LogP contribution in [0, 0.1) is 33.8 Å². The summed E-state index contributed by atoms with van der Waals surface area (Å²) in [6.07, 6.45) is -9.90. The summed E-state index contributed by atoms with van der Waals surface area (Å²) < 4.78 is 50.9. The van der Waals surface area contributed by atoms with Gasteiger partial charge in [0.2, 0.25) is 5.91 Å². The number of cyclic esters (lactones) is 1. The number of esters is 1. The average molecular weight is 1060 g/mol. The fourth-order valence-electron chi connectivity index (χ4n) is 10.7. The summed E-state index contributed by atoms with van der Waals surface area (Å²) in [5.74, 6) is -5.32. The number of likely N-dealkylation sites (N-methyl/N-ethyl adjacent to an activating group) is 1. The van der Waals surface area contributed by atoms with Gasteiger partial charge in [0.15, 0.2) is 18.7 Å². The molecule has 22 heteroatoms. The number of halogens is 1. The Hall–Kier alpha value is -3.61. The van der Waals surface area contributed by atoms with E-state index in [1.807, 2.05) is 25.9 Å². The summed E-state index contributed by atoms with van der Waals surface area (Å²) in [7, 11) is 6.65. The maximum absolute atomic E-state index is 14.5. The molecule has 73 heavy (non-hydrogen) atoms. The number of Topliss-reactive ketones (excluding diaryl/α,β-unsaturated/α-hetero) is 1. The minimum atomic E-state index is -2.04. The molecule has 416 valence electrons. The molecule has 3 aliphatic heterocycles. The minimum absolute atomic E-state index is 0.00286. The molecule has 0 radical (unpaired) electrons. The molecule has 3 fully saturated rings. The highest BCUT2D eigenvalue weighted by atomic mass is 35.5. The molecule has 3 aliphatic rings. The second-order valence-corrected chi connectivity index (χ2v) is 21.6. The zero-order valence-corrected chi connectivity index (χ0v) is 45.8. The minimum Gasteiger partial charge on any atom is -0.459 e. The summed E-state index contributed by atoms with van der Waals surface area (Å²) in [5.41, 5.74) is -4.60. The fraction of sp³-hybridized carbons (Fsp3) is 0.804. The lowest BCUT2D eigenvalue weighted by Crippen LogP contribution is -2.62. The van der Waals surface area contributed by atoms with Crippen LogP contribution in [0.5, 0.6) is 0 Å². The van der Waals surface area contributed by atoms with Crippen LogP contribution in [-0.4, -0.2) is 175 Å². The van der Waals surface area contributed by atoms with Gasteiger partial charge in [0.1, 0.15) is 29.2 Å². The van der Waals surface area contributed by atoms with Crippen LogP contribution in [0.25, 0.3) is 0 Å². The average Bonchev–Trinajstić information content (AvgIpc) is 3.33. The van der Waals surface area contributed by atoms with E-state index >= 15 is 0 Å². The van der Waals surface area contributed by atoms with Crippen LogP contribution < -0.4 is 10.6 Å². The number of nitro benzene ring substituents is 1. The van der Waals surface area contributed by atoms with Crippen LogP contribution in [0.3, 0.4) is 0 Å². The van der Waals surface area contributed by atoms with Crippen LogP contribution in [0.15, 0.2) is 18.2 Å². The molecule has 1 aromatic carbocycles. The quantitative estimate of drug-likeness (QED) is 0.0602. The second-order valence-electron chi connectivity index (χ2n) is 21.2. The van der Waals surface area contributed by atoms with Gasteiger partial charge in [-0.2, -0.15) is 0 Å². The number of hydrogen-bond acceptors (Lipinski definition) is 18. The van der Waals surface area contributed by atoms with Crippen molar-refractivity contribution in [3.8, 4) is 0 Å². The Balaban J connectivity index is 1.57. The van der Waals surface area contributed by atoms with Gasteiger partial charge in [-0.3, -0.25) is 24.5 Å². The standard InChI is InChI=1S/C51H83ClN4O17/c1-15-37-51(10,63)43(60)29(4)40(58)27(2)25-49(8,66-13)44(72-47-41(59)36(55(11)12)22-28(3)68-47)30(5)42(31(6)46(61)70-37)71-39-26-50(9,67-14)45(32(7)69-39)73-48(62)54-21-17-16-20-53-38(57)23-33-18-19-34(52)24-35(33)56(64)65/h18-19,24,27-32,36-37,39,41-45,47,59-60,63H,15-17,20-23,25-26H2,1-14H3,(H,53,57)(H,54,62)/t27-,28-,29-,30-,31-,32+,36+,37+,39+,41-,42+,43+,44?,45+,47+,49-,50-,51-/m1/s1. The Morgan fingerprint density at radius 2 is 1.53 bits per heavy atom. The Kier molecular flexibility index (Phi) is 22.4. The first kappa shape index (κ1) is 61.9. The number of carbonyl (C=O) groups excluding carboxylic acids is 4. The van der Waals surface area contributed by atoms with Crippen LogP contribution in [0.2, 0.25) is 5.02 Å². The molecule has 1 aromatic rings. The number of ether oxygens (including phenoxy) is 8. The van der Waals surface area contributed by atoms with E-state index in [0.717, 1.165) is 0 Å². The van der Waals surface area contributed by atoms with Gasteiger partial charge in [0.05, 0.1) is 53.4 Å². The number of alkyl carbamates (subject to hydrolysis) is 1. The van der Waals surface area contributed by atoms with Crippen molar-refractivity contribution in [1.82, 2.24) is 15.5 Å². The zero-order chi connectivity index (χ0) is 54.9. The van der Waals surface area contributed by atoms with Gasteiger partial charge in [0, 0.05) is 74.2 Å². The molecule has 0 saturated carbocycles. The molecule has 3 saturated heterocycles. The first-order valence-corrected chi connectivity index (χ1v) is 25.8. The highest BCUT2D eigenvalue weighted by molar-refractivity contribution is 6.30. The summed E-state index contributed by atoms with van der Waals surface area (Å²) >= 11 is 5.89. The number of ketones is 1. The lowest BCUT2D eigenvalue weighted by Gasteiger charge is -2.50. The van der Waals surface area contributed by atoms with Crippen LogP contribution >= 0.6 is 11.6 Å². The highest BCUT2D eigenvalue weighted by Crippen LogP contribution is 2.42. The van der Waals surface area contributed by atoms with Gasteiger partial charge < -0.3 is 68.7 Å². The van der Waals surface area contributed by atoms with Crippen molar-refractivity contribution in [3.05, 3.63) is 38.9 Å². The van der Waals surface area contributed by atoms with Crippen molar-refractivity contribution in [3.63, 3.8) is 0 Å². The number of rotatable bonds is 17. The van der Waals surface area contributed by atoms with Gasteiger partial charge in [0.25, 0.3) is 5.69 Å². The molecule has 2 amide bonds. The van der Waals surface area contributed by atoms with Gasteiger partial charge in [-0.05, 0) is 93.8 Å². The maximum atomic E-state index is 14.5. The predicted molar refractivity (Wildman–Crippen MR) is 267 cm³/mol. The Labute approximate surface area is 435 Å². The zero-order valence-electron chi connectivity index (χ0n) is 45.1. The number of carbonyl (C=O) groups is 4. The third kappa shape index (κ3) is 15.3. The molecule has 0 spiro atoms. The molecular weight excluding hydrogens is 976 g/mol. The van der Waals surface area contributed by atoms with Crippen LogP contribution in [0.1, 0.15) is 113 Å². The summed E-state index contributed by atoms with van der Waals surface area (Å²) in [5, 5.41) is 52.2. The molecule has 18 atom stereocenters. The molecule has 3 heterocycles. The van der Waals surface area contributed by atoms with Crippen molar-refractivity contribution in [2.24, 2.45) is 23.7 Å². The Morgan fingerprint density at radius 1 is 0.918 bits per heavy atom. The van der Waals surface area contributed by atoms with E-state index in [2.05, 4.69) is 10.6 Å². The molecular formula is C51H83ClN4O17. The van der Waals surface area contributed by atoms with Gasteiger partial charge in [-0.15, -0.1) is 0 Å². The van der Waals surface area contributed by atoms with Crippen molar-refractivity contribution in [1.29, 1.82) is 0 Å². The van der Waals surface area contributed by atoms with Crippen LogP contribution in [-0.2, 0) is 58.7 Å². The fourth-order valence-corrected chi connectivity index (χ4v) is 10.9. The third-order valence-electron chi connectivity index (χ3n) is 15.3. The highest BCUT2D eigenvalue weighted by Gasteiger charge is 2.55. The Morgan fingerprint density at radius 3 is 2.12 bits per heavy atom. The number of unbranched alkanes of at least 4 members (excludes halogenated alkanes) is 1.